The molecule has 0 aromatic carbocycles. The number of fused-ring (bicyclic) bond motifs is 1. The molecule has 1 N–H and O–H groups in total. The fourth-order valence-electron chi connectivity index (χ4n) is 3.36. The van der Waals surface area contributed by atoms with Crippen LogP contribution in [-0.2, 0) is 9.45 Å². The van der Waals surface area contributed by atoms with Gasteiger partial charge in [0.15, 0.2) is 0 Å². The van der Waals surface area contributed by atoms with Gasteiger partial charge in [-0.05, 0) is 46.0 Å². The van der Waals surface area contributed by atoms with Crippen molar-refractivity contribution >= 4 is 12.8 Å². The molecule has 4 heteroatoms. The van der Waals surface area contributed by atoms with Crippen LogP contribution >= 0.6 is 0 Å². The van der Waals surface area contributed by atoms with E-state index in [9.17, 15) is 4.79 Å². The number of rotatable bonds is 1. The normalized spacial score (nSPS) is 37.0. The fourth-order valence-corrected chi connectivity index (χ4v) is 3.36. The van der Waals surface area contributed by atoms with E-state index in [-0.39, 0.29) is 18.2 Å². The second kappa shape index (κ2) is 3.70. The fraction of sp³-hybridized carbons (Fsp3) is 0.786. The Morgan fingerprint density at radius 1 is 1.28 bits per heavy atom. The standard InChI is InChI=1S/C14H22BNO2/c1-13(2)14(3,4)18-15(16-13)11-5-9-7-12(17)8-10(9)6-11/h5,9-10,16H,6-8H2,1-4H3. The van der Waals surface area contributed by atoms with Crippen LogP contribution in [-0.4, -0.2) is 24.0 Å². The van der Waals surface area contributed by atoms with Crippen LogP contribution in [0.4, 0.5) is 0 Å². The van der Waals surface area contributed by atoms with Crippen molar-refractivity contribution in [2.24, 2.45) is 11.8 Å². The van der Waals surface area contributed by atoms with Gasteiger partial charge in [-0.3, -0.25) is 4.79 Å². The van der Waals surface area contributed by atoms with E-state index < -0.39 is 0 Å². The minimum absolute atomic E-state index is 0.0218. The maximum absolute atomic E-state index is 11.4. The molecule has 18 heavy (non-hydrogen) atoms. The molecule has 0 aromatic heterocycles. The summed E-state index contributed by atoms with van der Waals surface area (Å²) >= 11 is 0. The second-order valence-electron chi connectivity index (χ2n) is 7.09. The zero-order valence-corrected chi connectivity index (χ0v) is 11.7. The van der Waals surface area contributed by atoms with Gasteiger partial charge in [0.1, 0.15) is 5.78 Å². The second-order valence-corrected chi connectivity index (χ2v) is 7.09. The highest BCUT2D eigenvalue weighted by atomic mass is 16.5. The van der Waals surface area contributed by atoms with Gasteiger partial charge >= 0.3 is 7.05 Å². The van der Waals surface area contributed by atoms with Gasteiger partial charge < -0.3 is 9.88 Å². The van der Waals surface area contributed by atoms with Gasteiger partial charge in [-0.2, -0.15) is 0 Å². The summed E-state index contributed by atoms with van der Waals surface area (Å²) in [6, 6.07) is 0. The highest BCUT2D eigenvalue weighted by Crippen LogP contribution is 2.44. The van der Waals surface area contributed by atoms with Crippen molar-refractivity contribution in [2.45, 2.75) is 58.1 Å². The number of nitrogens with one attached hydrogen (secondary N) is 1. The Hall–Kier alpha value is -0.605. The smallest absolute Gasteiger partial charge is 0.411 e. The Balaban J connectivity index is 1.76. The number of allylic oxidation sites excluding steroid dienone is 2. The minimum Gasteiger partial charge on any atom is -0.411 e. The molecule has 0 bridgehead atoms. The van der Waals surface area contributed by atoms with Gasteiger partial charge in [0.25, 0.3) is 0 Å². The number of Topliss-reactive ketones (excluding diaryl/α,β-unsaturated/α-hetero) is 1. The third-order valence-electron chi connectivity index (χ3n) is 5.23. The molecule has 1 saturated heterocycles. The van der Waals surface area contributed by atoms with Gasteiger partial charge in [0.05, 0.1) is 5.60 Å². The van der Waals surface area contributed by atoms with Crippen molar-refractivity contribution in [3.63, 3.8) is 0 Å². The first-order valence-electron chi connectivity index (χ1n) is 6.96. The van der Waals surface area contributed by atoms with Crippen molar-refractivity contribution < 1.29 is 9.45 Å². The zero-order chi connectivity index (χ0) is 13.1. The average molecular weight is 247 g/mol. The van der Waals surface area contributed by atoms with Crippen LogP contribution in [0, 0.1) is 11.8 Å². The molecule has 1 aliphatic heterocycles. The van der Waals surface area contributed by atoms with Crippen molar-refractivity contribution in [3.05, 3.63) is 11.5 Å². The Morgan fingerprint density at radius 3 is 2.56 bits per heavy atom. The van der Waals surface area contributed by atoms with E-state index in [1.165, 1.54) is 5.47 Å². The molecular weight excluding hydrogens is 225 g/mol. The molecule has 98 valence electrons. The van der Waals surface area contributed by atoms with E-state index >= 15 is 0 Å². The van der Waals surface area contributed by atoms with Crippen molar-refractivity contribution in [1.82, 2.24) is 5.23 Å². The van der Waals surface area contributed by atoms with Gasteiger partial charge in [0, 0.05) is 18.4 Å². The summed E-state index contributed by atoms with van der Waals surface area (Å²) in [4.78, 5) is 11.4. The van der Waals surface area contributed by atoms with Crippen molar-refractivity contribution in [1.29, 1.82) is 0 Å². The molecule has 1 heterocycles. The number of carbonyl (C=O) groups excluding carboxylic acids is 1. The Bertz CT molecular complexity index is 412. The summed E-state index contributed by atoms with van der Waals surface area (Å²) in [7, 11) is 0.0377. The molecule has 0 radical (unpaired) electrons. The third-order valence-corrected chi connectivity index (χ3v) is 5.23. The number of carbonyl (C=O) groups is 1. The molecule has 0 spiro atoms. The van der Waals surface area contributed by atoms with Crippen LogP contribution in [0.3, 0.4) is 0 Å². The molecule has 3 nitrogen and oxygen atoms in total. The van der Waals surface area contributed by atoms with E-state index in [0.29, 0.717) is 17.6 Å². The Labute approximate surface area is 109 Å². The lowest BCUT2D eigenvalue weighted by Crippen LogP contribution is -2.49. The summed E-state index contributed by atoms with van der Waals surface area (Å²) in [5.41, 5.74) is 1.18. The summed E-state index contributed by atoms with van der Waals surface area (Å²) in [6.45, 7) is 8.65. The first-order valence-corrected chi connectivity index (χ1v) is 6.96. The van der Waals surface area contributed by atoms with E-state index in [1.54, 1.807) is 0 Å². The van der Waals surface area contributed by atoms with E-state index in [1.807, 2.05) is 0 Å². The van der Waals surface area contributed by atoms with Crippen LogP contribution in [0.25, 0.3) is 0 Å². The average Bonchev–Trinajstić information content (AvgIpc) is 2.77. The van der Waals surface area contributed by atoms with Gasteiger partial charge in [-0.25, -0.2) is 0 Å². The lowest BCUT2D eigenvalue weighted by molar-refractivity contribution is -0.117. The summed E-state index contributed by atoms with van der Waals surface area (Å²) < 4.78 is 6.18. The molecule has 3 aliphatic rings. The molecule has 2 aliphatic carbocycles. The highest BCUT2D eigenvalue weighted by Gasteiger charge is 2.52. The van der Waals surface area contributed by atoms with Crippen LogP contribution in [0.2, 0.25) is 0 Å². The molecule has 3 rings (SSSR count). The Kier molecular flexibility index (Phi) is 2.56. The van der Waals surface area contributed by atoms with Crippen LogP contribution < -0.4 is 5.23 Å². The Morgan fingerprint density at radius 2 is 2.00 bits per heavy atom. The van der Waals surface area contributed by atoms with E-state index in [0.717, 1.165) is 19.3 Å². The highest BCUT2D eigenvalue weighted by molar-refractivity contribution is 6.59. The topological polar surface area (TPSA) is 38.3 Å². The quantitative estimate of drug-likeness (QED) is 0.721. The summed E-state index contributed by atoms with van der Waals surface area (Å²) in [5, 5.41) is 3.59. The van der Waals surface area contributed by atoms with Gasteiger partial charge in [-0.1, -0.05) is 11.5 Å². The number of ketones is 1. The van der Waals surface area contributed by atoms with Crippen LogP contribution in [0.5, 0.6) is 0 Å². The maximum atomic E-state index is 11.4. The predicted octanol–water partition coefficient (Wildman–Crippen LogP) is 2.12. The molecule has 2 fully saturated rings. The number of hydrogen-bond donors (Lipinski definition) is 1. The van der Waals surface area contributed by atoms with Crippen molar-refractivity contribution in [2.75, 3.05) is 0 Å². The predicted molar refractivity (Wildman–Crippen MR) is 72.1 cm³/mol. The summed E-state index contributed by atoms with van der Waals surface area (Å²) in [5.74, 6) is 1.45. The molecule has 1 saturated carbocycles. The maximum Gasteiger partial charge on any atom is 0.412 e. The lowest BCUT2D eigenvalue weighted by Gasteiger charge is -2.33. The summed E-state index contributed by atoms with van der Waals surface area (Å²) in [6.07, 6.45) is 4.84. The first kappa shape index (κ1) is 12.4. The van der Waals surface area contributed by atoms with Gasteiger partial charge in [-0.15, -0.1) is 0 Å². The van der Waals surface area contributed by atoms with E-state index in [4.69, 9.17) is 4.65 Å². The lowest BCUT2D eigenvalue weighted by atomic mass is 9.71. The molecular formula is C14H22BNO2. The van der Waals surface area contributed by atoms with Crippen molar-refractivity contribution in [3.8, 4) is 0 Å². The van der Waals surface area contributed by atoms with Crippen LogP contribution in [0.1, 0.15) is 47.0 Å². The first-order chi connectivity index (χ1) is 8.28. The SMILES string of the molecule is CC1(C)NB(C2=CC3CC(=O)CC3C2)OC1(C)C. The minimum atomic E-state index is -0.161. The van der Waals surface area contributed by atoms with Gasteiger partial charge in [0.2, 0.25) is 0 Å². The molecule has 0 amide bonds. The number of hydrogen-bond acceptors (Lipinski definition) is 3. The van der Waals surface area contributed by atoms with E-state index in [2.05, 4.69) is 39.0 Å². The molecule has 2 unspecified atom stereocenters. The molecule has 2 atom stereocenters. The third kappa shape index (κ3) is 1.77. The zero-order valence-electron chi connectivity index (χ0n) is 11.7. The monoisotopic (exact) mass is 247 g/mol. The van der Waals surface area contributed by atoms with Crippen LogP contribution in [0.15, 0.2) is 11.5 Å². The molecule has 0 aromatic rings. The largest absolute Gasteiger partial charge is 0.412 e.